The van der Waals surface area contributed by atoms with Gasteiger partial charge >= 0.3 is 8.60 Å². The summed E-state index contributed by atoms with van der Waals surface area (Å²) in [7, 11) is 3.63. The van der Waals surface area contributed by atoms with Crippen molar-refractivity contribution in [1.29, 1.82) is 0 Å². The van der Waals surface area contributed by atoms with Gasteiger partial charge in [0.05, 0.1) is 13.2 Å². The molecule has 0 aliphatic heterocycles. The van der Waals surface area contributed by atoms with E-state index in [-0.39, 0.29) is 12.7 Å². The molecule has 0 heterocycles. The van der Waals surface area contributed by atoms with E-state index in [4.69, 9.17) is 18.5 Å². The number of unbranched alkanes of at least 4 members (excludes halogenated alkanes) is 10. The van der Waals surface area contributed by atoms with E-state index < -0.39 is 8.60 Å². The number of methoxy groups -OCH3 is 1. The van der Waals surface area contributed by atoms with Gasteiger partial charge in [-0.3, -0.25) is 0 Å². The number of benzene rings is 1. The second-order valence-electron chi connectivity index (χ2n) is 9.27. The van der Waals surface area contributed by atoms with Crippen LogP contribution in [0.2, 0.25) is 0 Å². The van der Waals surface area contributed by atoms with Crippen molar-refractivity contribution >= 4 is 8.60 Å². The minimum Gasteiger partial charge on any atom is -0.491 e. The molecule has 0 saturated heterocycles. The lowest BCUT2D eigenvalue weighted by molar-refractivity contribution is 0.0180. The number of hydrogen-bond acceptors (Lipinski definition) is 6. The summed E-state index contributed by atoms with van der Waals surface area (Å²) in [6, 6.07) is 8.31. The molecule has 198 valence electrons. The largest absolute Gasteiger partial charge is 0.491 e. The van der Waals surface area contributed by atoms with Crippen LogP contribution in [-0.4, -0.2) is 63.5 Å². The highest BCUT2D eigenvalue weighted by atomic mass is 31.2. The molecule has 0 fully saturated rings. The van der Waals surface area contributed by atoms with Gasteiger partial charge < -0.3 is 28.3 Å². The predicted molar refractivity (Wildman–Crippen MR) is 142 cm³/mol. The van der Waals surface area contributed by atoms with Crippen molar-refractivity contribution in [2.75, 3.05) is 47.6 Å². The average Bonchev–Trinajstić information content (AvgIpc) is 2.82. The molecule has 1 N–H and O–H groups in total. The van der Waals surface area contributed by atoms with Gasteiger partial charge in [-0.1, -0.05) is 83.3 Å². The van der Waals surface area contributed by atoms with Crippen LogP contribution in [0.4, 0.5) is 0 Å². The Balaban J connectivity index is 2.16. The molecule has 0 spiro atoms. The molecule has 2 atom stereocenters. The van der Waals surface area contributed by atoms with Gasteiger partial charge in [0.25, 0.3) is 0 Å². The molecule has 0 radical (unpaired) electrons. The van der Waals surface area contributed by atoms with Crippen LogP contribution in [0.1, 0.15) is 83.1 Å². The zero-order valence-corrected chi connectivity index (χ0v) is 23.1. The molecule has 0 aliphatic carbocycles. The van der Waals surface area contributed by atoms with Gasteiger partial charge in [0.1, 0.15) is 18.5 Å². The molecule has 7 heteroatoms. The third kappa shape index (κ3) is 17.7. The minimum atomic E-state index is -1.90. The Kier molecular flexibility index (Phi) is 19.8. The fourth-order valence-corrected chi connectivity index (χ4v) is 4.25. The van der Waals surface area contributed by atoms with Crippen LogP contribution in [0.5, 0.6) is 5.75 Å². The first-order chi connectivity index (χ1) is 16.5. The van der Waals surface area contributed by atoms with E-state index in [2.05, 4.69) is 19.1 Å². The lowest BCUT2D eigenvalue weighted by Gasteiger charge is -2.18. The molecular weight excluding hydrogens is 449 g/mol. The van der Waals surface area contributed by atoms with E-state index in [0.717, 1.165) is 18.7 Å². The van der Waals surface area contributed by atoms with Crippen molar-refractivity contribution in [2.45, 2.75) is 90.1 Å². The highest BCUT2D eigenvalue weighted by molar-refractivity contribution is 7.40. The summed E-state index contributed by atoms with van der Waals surface area (Å²) in [5.41, 5.74) is 1.31. The molecule has 0 aliphatic rings. The van der Waals surface area contributed by atoms with Gasteiger partial charge in [0.15, 0.2) is 0 Å². The maximum Gasteiger partial charge on any atom is 0.329 e. The highest BCUT2D eigenvalue weighted by Gasteiger charge is 2.14. The zero-order chi connectivity index (χ0) is 24.9. The predicted octanol–water partition coefficient (Wildman–Crippen LogP) is 6.75. The number of ether oxygens (including phenoxy) is 2. The van der Waals surface area contributed by atoms with Crippen molar-refractivity contribution in [3.8, 4) is 5.75 Å². The smallest absolute Gasteiger partial charge is 0.329 e. The summed E-state index contributed by atoms with van der Waals surface area (Å²) in [4.78, 5) is 11.8. The third-order valence-corrected chi connectivity index (χ3v) is 6.62. The summed E-state index contributed by atoms with van der Waals surface area (Å²) in [5, 5.41) is 0. The maximum atomic E-state index is 9.84. The van der Waals surface area contributed by atoms with E-state index in [0.29, 0.717) is 13.2 Å². The number of hydrogen-bond donors (Lipinski definition) is 1. The molecule has 0 saturated carbocycles. The van der Waals surface area contributed by atoms with Crippen molar-refractivity contribution < 1.29 is 23.4 Å². The van der Waals surface area contributed by atoms with Gasteiger partial charge in [-0.25, -0.2) is 0 Å². The Morgan fingerprint density at radius 2 is 1.53 bits per heavy atom. The summed E-state index contributed by atoms with van der Waals surface area (Å²) in [6.45, 7) is 4.01. The lowest BCUT2D eigenvalue weighted by Crippen LogP contribution is -2.25. The standard InChI is InChI=1S/C27H50NO5P/c1-5-6-7-8-9-10-11-12-13-14-15-17-25-18-16-19-26(22-25)31-23-27(30-4)24-33-34(29)32-21-20-28(2)3/h16,18-19,22,27,29H,5-15,17,20-21,23-24H2,1-4H3. The van der Waals surface area contributed by atoms with E-state index in [1.807, 2.05) is 31.1 Å². The molecule has 1 aromatic rings. The van der Waals surface area contributed by atoms with Crippen molar-refractivity contribution in [1.82, 2.24) is 4.90 Å². The number of likely N-dealkylation sites (N-methyl/N-ethyl adjacent to an activating group) is 1. The number of rotatable bonds is 23. The first kappa shape index (κ1) is 31.3. The van der Waals surface area contributed by atoms with Gasteiger partial charge in [-0.05, 0) is 44.6 Å². The van der Waals surface area contributed by atoms with E-state index in [9.17, 15) is 4.89 Å². The third-order valence-electron chi connectivity index (χ3n) is 5.85. The van der Waals surface area contributed by atoms with E-state index in [1.165, 1.54) is 76.2 Å². The quantitative estimate of drug-likeness (QED) is 0.133. The zero-order valence-electron chi connectivity index (χ0n) is 22.2. The van der Waals surface area contributed by atoms with Crippen LogP contribution in [-0.2, 0) is 20.2 Å². The summed E-state index contributed by atoms with van der Waals surface area (Å²) in [6.07, 6.45) is 15.8. The molecule has 2 unspecified atom stereocenters. The van der Waals surface area contributed by atoms with Crippen molar-refractivity contribution in [3.63, 3.8) is 0 Å². The molecule has 1 aromatic carbocycles. The SMILES string of the molecule is CCCCCCCCCCCCCc1cccc(OCC(COP(O)OCCN(C)C)OC)c1. The first-order valence-electron chi connectivity index (χ1n) is 13.2. The van der Waals surface area contributed by atoms with Crippen LogP contribution < -0.4 is 4.74 Å². The first-order valence-corrected chi connectivity index (χ1v) is 14.3. The van der Waals surface area contributed by atoms with E-state index >= 15 is 0 Å². The fourth-order valence-electron chi connectivity index (χ4n) is 3.64. The Bertz CT molecular complexity index is 590. The second-order valence-corrected chi connectivity index (χ2v) is 10.3. The fraction of sp³-hybridized carbons (Fsp3) is 0.778. The second kappa shape index (κ2) is 21.5. The molecular formula is C27H50NO5P. The maximum absolute atomic E-state index is 9.84. The Morgan fingerprint density at radius 1 is 0.882 bits per heavy atom. The van der Waals surface area contributed by atoms with E-state index in [1.54, 1.807) is 7.11 Å². The van der Waals surface area contributed by atoms with Gasteiger partial charge in [-0.2, -0.15) is 0 Å². The molecule has 0 aromatic heterocycles. The van der Waals surface area contributed by atoms with Crippen LogP contribution in [0.3, 0.4) is 0 Å². The van der Waals surface area contributed by atoms with Crippen molar-refractivity contribution in [3.05, 3.63) is 29.8 Å². The van der Waals surface area contributed by atoms with Gasteiger partial charge in [0, 0.05) is 13.7 Å². The van der Waals surface area contributed by atoms with Crippen LogP contribution in [0.15, 0.2) is 24.3 Å². The van der Waals surface area contributed by atoms with Gasteiger partial charge in [-0.15, -0.1) is 0 Å². The van der Waals surface area contributed by atoms with Gasteiger partial charge in [0.2, 0.25) is 0 Å². The molecule has 6 nitrogen and oxygen atoms in total. The number of aryl methyl sites for hydroxylation is 1. The summed E-state index contributed by atoms with van der Waals surface area (Å²) < 4.78 is 22.0. The Morgan fingerprint density at radius 3 is 2.15 bits per heavy atom. The summed E-state index contributed by atoms with van der Waals surface area (Å²) in [5.74, 6) is 0.844. The summed E-state index contributed by atoms with van der Waals surface area (Å²) >= 11 is 0. The molecule has 34 heavy (non-hydrogen) atoms. The normalized spacial score (nSPS) is 13.4. The topological polar surface area (TPSA) is 60.4 Å². The van der Waals surface area contributed by atoms with Crippen molar-refractivity contribution in [2.24, 2.45) is 0 Å². The minimum absolute atomic E-state index is 0.221. The molecule has 1 rings (SSSR count). The Labute approximate surface area is 210 Å². The van der Waals surface area contributed by atoms with Crippen LogP contribution in [0.25, 0.3) is 0 Å². The van der Waals surface area contributed by atoms with Crippen LogP contribution >= 0.6 is 8.60 Å². The number of nitrogens with zero attached hydrogens (tertiary/aromatic N) is 1. The highest BCUT2D eigenvalue weighted by Crippen LogP contribution is 2.32. The van der Waals surface area contributed by atoms with Crippen LogP contribution in [0, 0.1) is 0 Å². The molecule has 0 bridgehead atoms. The molecule has 0 amide bonds. The monoisotopic (exact) mass is 499 g/mol. The lowest BCUT2D eigenvalue weighted by atomic mass is 10.0. The Hall–Kier alpha value is -0.750. The average molecular weight is 500 g/mol.